The van der Waals surface area contributed by atoms with E-state index >= 15 is 0 Å². The molecule has 0 radical (unpaired) electrons. The number of hydrogen-bond donors (Lipinski definition) is 1. The van der Waals surface area contributed by atoms with Crippen LogP contribution in [0.1, 0.15) is 12.0 Å². The maximum absolute atomic E-state index is 12.5. The Morgan fingerprint density at radius 3 is 2.76 bits per heavy atom. The average Bonchev–Trinajstić information content (AvgIpc) is 2.71. The molecule has 1 heterocycles. The maximum Gasteiger partial charge on any atom is 0.387 e. The van der Waals surface area contributed by atoms with Gasteiger partial charge in [-0.3, -0.25) is 9.59 Å². The van der Waals surface area contributed by atoms with Crippen molar-refractivity contribution in [2.75, 3.05) is 7.11 Å². The summed E-state index contributed by atoms with van der Waals surface area (Å²) < 4.78 is 35.5. The van der Waals surface area contributed by atoms with Crippen molar-refractivity contribution in [2.45, 2.75) is 26.1 Å². The number of fused-ring (bicyclic) bond motifs is 1. The van der Waals surface area contributed by atoms with Crippen molar-refractivity contribution in [1.82, 2.24) is 20.3 Å². The zero-order valence-electron chi connectivity index (χ0n) is 15.5. The first-order valence-corrected chi connectivity index (χ1v) is 8.69. The van der Waals surface area contributed by atoms with Gasteiger partial charge in [0.25, 0.3) is 5.56 Å². The summed E-state index contributed by atoms with van der Waals surface area (Å²) in [4.78, 5) is 24.4. The summed E-state index contributed by atoms with van der Waals surface area (Å²) >= 11 is 0. The van der Waals surface area contributed by atoms with Gasteiger partial charge in [-0.15, -0.1) is 5.10 Å². The highest BCUT2D eigenvalue weighted by Crippen LogP contribution is 2.29. The third-order valence-electron chi connectivity index (χ3n) is 4.11. The van der Waals surface area contributed by atoms with Gasteiger partial charge in [0.1, 0.15) is 5.52 Å². The molecule has 0 unspecified atom stereocenters. The minimum atomic E-state index is -2.99. The summed E-state index contributed by atoms with van der Waals surface area (Å²) in [5, 5.41) is 10.9. The van der Waals surface area contributed by atoms with Crippen LogP contribution in [0.5, 0.6) is 11.5 Å². The molecule has 3 rings (SSSR count). The lowest BCUT2D eigenvalue weighted by molar-refractivity contribution is -0.121. The number of carbonyl (C=O) groups excluding carboxylic acids is 1. The number of nitrogens with one attached hydrogen (secondary N) is 1. The Morgan fingerprint density at radius 1 is 1.21 bits per heavy atom. The van der Waals surface area contributed by atoms with Gasteiger partial charge in [0.2, 0.25) is 5.91 Å². The van der Waals surface area contributed by atoms with Gasteiger partial charge in [-0.1, -0.05) is 23.4 Å². The lowest BCUT2D eigenvalue weighted by Gasteiger charge is -2.12. The molecule has 3 aromatic rings. The molecule has 0 fully saturated rings. The Bertz CT molecular complexity index is 1070. The zero-order valence-corrected chi connectivity index (χ0v) is 15.5. The summed E-state index contributed by atoms with van der Waals surface area (Å²) in [6.07, 6.45) is 0.00345. The van der Waals surface area contributed by atoms with Gasteiger partial charge in [0.15, 0.2) is 11.5 Å². The molecular weight excluding hydrogens is 386 g/mol. The molecule has 2 aromatic carbocycles. The molecule has 1 aromatic heterocycles. The smallest absolute Gasteiger partial charge is 0.387 e. The van der Waals surface area contributed by atoms with Crippen LogP contribution in [0, 0.1) is 0 Å². The summed E-state index contributed by atoms with van der Waals surface area (Å²) in [5.74, 6) is -0.291. The summed E-state index contributed by atoms with van der Waals surface area (Å²) in [7, 11) is 1.34. The summed E-state index contributed by atoms with van der Waals surface area (Å²) in [6.45, 7) is -2.83. The quantitative estimate of drug-likeness (QED) is 0.618. The van der Waals surface area contributed by atoms with Crippen molar-refractivity contribution >= 4 is 16.8 Å². The highest BCUT2D eigenvalue weighted by atomic mass is 19.3. The number of carbonyl (C=O) groups is 1. The van der Waals surface area contributed by atoms with Gasteiger partial charge in [-0.05, 0) is 29.8 Å². The van der Waals surface area contributed by atoms with Crippen LogP contribution in [-0.2, 0) is 17.9 Å². The Balaban J connectivity index is 1.59. The lowest BCUT2D eigenvalue weighted by Crippen LogP contribution is -2.29. The Hall–Kier alpha value is -3.56. The van der Waals surface area contributed by atoms with Crippen molar-refractivity contribution in [3.05, 3.63) is 58.4 Å². The van der Waals surface area contributed by atoms with Crippen LogP contribution in [-0.4, -0.2) is 34.6 Å². The standard InChI is InChI=1S/C19H18F2N4O4/c1-28-15-7-6-12(10-16(15)29-19(20)21)11-22-17(26)8-9-25-18(27)13-4-2-3-5-14(13)23-24-25/h2-7,10,19H,8-9,11H2,1H3,(H,22,26). The molecular formula is C19H18F2N4O4. The number of hydrogen-bond acceptors (Lipinski definition) is 6. The van der Waals surface area contributed by atoms with Crippen LogP contribution in [0.15, 0.2) is 47.3 Å². The fourth-order valence-electron chi connectivity index (χ4n) is 2.69. The predicted molar refractivity (Wildman–Crippen MR) is 99.9 cm³/mol. The number of alkyl halides is 2. The van der Waals surface area contributed by atoms with Crippen molar-refractivity contribution in [3.8, 4) is 11.5 Å². The van der Waals surface area contributed by atoms with E-state index in [-0.39, 0.29) is 42.5 Å². The number of aromatic nitrogens is 3. The van der Waals surface area contributed by atoms with E-state index in [1.807, 2.05) is 0 Å². The topological polar surface area (TPSA) is 95.3 Å². The second-order valence-electron chi connectivity index (χ2n) is 6.03. The Kier molecular flexibility index (Phi) is 6.32. The summed E-state index contributed by atoms with van der Waals surface area (Å²) in [6, 6.07) is 11.3. The van der Waals surface area contributed by atoms with E-state index in [1.54, 1.807) is 30.3 Å². The number of benzene rings is 2. The largest absolute Gasteiger partial charge is 0.493 e. The monoisotopic (exact) mass is 404 g/mol. The van der Waals surface area contributed by atoms with Crippen molar-refractivity contribution in [1.29, 1.82) is 0 Å². The molecule has 0 atom stereocenters. The van der Waals surface area contributed by atoms with Crippen LogP contribution >= 0.6 is 0 Å². The van der Waals surface area contributed by atoms with Gasteiger partial charge in [0.05, 0.1) is 19.0 Å². The third kappa shape index (κ3) is 5.03. The number of nitrogens with zero attached hydrogens (tertiary/aromatic N) is 3. The molecule has 1 N–H and O–H groups in total. The van der Waals surface area contributed by atoms with Crippen LogP contribution < -0.4 is 20.3 Å². The van der Waals surface area contributed by atoms with E-state index < -0.39 is 6.61 Å². The van der Waals surface area contributed by atoms with Crippen LogP contribution in [0.3, 0.4) is 0 Å². The first-order chi connectivity index (χ1) is 14.0. The number of rotatable bonds is 8. The van der Waals surface area contributed by atoms with Crippen molar-refractivity contribution < 1.29 is 23.0 Å². The number of amides is 1. The third-order valence-corrected chi connectivity index (χ3v) is 4.11. The fourth-order valence-corrected chi connectivity index (χ4v) is 2.69. The van der Waals surface area contributed by atoms with Gasteiger partial charge in [0, 0.05) is 13.0 Å². The van der Waals surface area contributed by atoms with E-state index in [4.69, 9.17) is 4.74 Å². The molecule has 0 aliphatic rings. The van der Waals surface area contributed by atoms with Gasteiger partial charge in [-0.2, -0.15) is 8.78 Å². The molecule has 29 heavy (non-hydrogen) atoms. The number of ether oxygens (including phenoxy) is 2. The molecule has 0 aliphatic heterocycles. The van der Waals surface area contributed by atoms with Crippen LogP contribution in [0.2, 0.25) is 0 Å². The number of halogens is 2. The minimum Gasteiger partial charge on any atom is -0.493 e. The van der Waals surface area contributed by atoms with Crippen molar-refractivity contribution in [3.63, 3.8) is 0 Å². The zero-order chi connectivity index (χ0) is 20.8. The second-order valence-corrected chi connectivity index (χ2v) is 6.03. The molecule has 1 amide bonds. The van der Waals surface area contributed by atoms with E-state index in [0.717, 1.165) is 4.68 Å². The summed E-state index contributed by atoms with van der Waals surface area (Å²) in [5.41, 5.74) is 0.712. The molecule has 0 saturated carbocycles. The first-order valence-electron chi connectivity index (χ1n) is 8.69. The van der Waals surface area contributed by atoms with E-state index in [2.05, 4.69) is 20.4 Å². The molecule has 0 spiro atoms. The first kappa shape index (κ1) is 20.2. The number of methoxy groups -OCH3 is 1. The molecule has 10 heteroatoms. The fraction of sp³-hybridized carbons (Fsp3) is 0.263. The predicted octanol–water partition coefficient (Wildman–Crippen LogP) is 2.11. The number of aryl methyl sites for hydroxylation is 1. The molecule has 0 bridgehead atoms. The van der Waals surface area contributed by atoms with Gasteiger partial charge >= 0.3 is 6.61 Å². The Labute approximate surface area is 164 Å². The molecule has 0 saturated heterocycles. The van der Waals surface area contributed by atoms with E-state index in [9.17, 15) is 18.4 Å². The lowest BCUT2D eigenvalue weighted by atomic mass is 10.2. The van der Waals surface area contributed by atoms with Crippen LogP contribution in [0.25, 0.3) is 10.9 Å². The van der Waals surface area contributed by atoms with Gasteiger partial charge < -0.3 is 14.8 Å². The molecule has 152 valence electrons. The SMILES string of the molecule is COc1ccc(CNC(=O)CCn2nnc3ccccc3c2=O)cc1OC(F)F. The van der Waals surface area contributed by atoms with Crippen LogP contribution in [0.4, 0.5) is 8.78 Å². The normalized spacial score (nSPS) is 10.9. The highest BCUT2D eigenvalue weighted by molar-refractivity contribution is 5.77. The van der Waals surface area contributed by atoms with E-state index in [0.29, 0.717) is 16.5 Å². The minimum absolute atomic E-state index is 0.00345. The maximum atomic E-state index is 12.5. The van der Waals surface area contributed by atoms with Crippen molar-refractivity contribution in [2.24, 2.45) is 0 Å². The van der Waals surface area contributed by atoms with E-state index in [1.165, 1.54) is 19.2 Å². The Morgan fingerprint density at radius 2 is 2.00 bits per heavy atom. The second kappa shape index (κ2) is 9.09. The molecule has 0 aliphatic carbocycles. The molecule has 8 nitrogen and oxygen atoms in total. The van der Waals surface area contributed by atoms with Gasteiger partial charge in [-0.25, -0.2) is 4.68 Å². The highest BCUT2D eigenvalue weighted by Gasteiger charge is 2.12. The average molecular weight is 404 g/mol.